The Morgan fingerprint density at radius 3 is 1.94 bits per heavy atom. The maximum atomic E-state index is 5.97. The van der Waals surface area contributed by atoms with Gasteiger partial charge < -0.3 is 8.98 Å². The highest BCUT2D eigenvalue weighted by atomic mass is 16.3. The molecule has 168 valence electrons. The van der Waals surface area contributed by atoms with Gasteiger partial charge in [0, 0.05) is 33.4 Å². The lowest BCUT2D eigenvalue weighted by molar-refractivity contribution is 0.654. The van der Waals surface area contributed by atoms with Gasteiger partial charge in [0.15, 0.2) is 0 Å². The first-order chi connectivity index (χ1) is 17.8. The van der Waals surface area contributed by atoms with Crippen molar-refractivity contribution >= 4 is 54.6 Å². The van der Waals surface area contributed by atoms with Crippen LogP contribution in [0.25, 0.3) is 71.5 Å². The van der Waals surface area contributed by atoms with Crippen LogP contribution in [-0.4, -0.2) is 9.55 Å². The van der Waals surface area contributed by atoms with Crippen LogP contribution in [0, 0.1) is 0 Å². The molecule has 3 nitrogen and oxygen atoms in total. The molecule has 0 spiro atoms. The second-order valence-electron chi connectivity index (χ2n) is 9.26. The SMILES string of the molecule is c1ccc2c(c1)oc1ncc3cc(-c4ccc(-n5c6ccccc6c6ccccc65)cc4)ccc3c12. The molecule has 0 aliphatic heterocycles. The van der Waals surface area contributed by atoms with Gasteiger partial charge in [0.25, 0.3) is 0 Å². The lowest BCUT2D eigenvalue weighted by atomic mass is 10.00. The van der Waals surface area contributed by atoms with Crippen molar-refractivity contribution < 1.29 is 4.42 Å². The fourth-order valence-electron chi connectivity index (χ4n) is 5.59. The topological polar surface area (TPSA) is 31.0 Å². The van der Waals surface area contributed by atoms with E-state index in [2.05, 4.69) is 107 Å². The van der Waals surface area contributed by atoms with E-state index in [1.807, 2.05) is 24.4 Å². The average Bonchev–Trinajstić information content (AvgIpc) is 3.49. The largest absolute Gasteiger partial charge is 0.438 e. The van der Waals surface area contributed by atoms with E-state index in [0.29, 0.717) is 5.71 Å². The predicted molar refractivity (Wildman–Crippen MR) is 149 cm³/mol. The van der Waals surface area contributed by atoms with E-state index in [1.165, 1.54) is 32.9 Å². The van der Waals surface area contributed by atoms with Gasteiger partial charge in [-0.15, -0.1) is 0 Å². The van der Waals surface area contributed by atoms with Gasteiger partial charge in [0.05, 0.1) is 16.4 Å². The zero-order valence-electron chi connectivity index (χ0n) is 19.3. The highest BCUT2D eigenvalue weighted by Gasteiger charge is 2.13. The fourth-order valence-corrected chi connectivity index (χ4v) is 5.59. The molecule has 0 saturated heterocycles. The van der Waals surface area contributed by atoms with Crippen LogP contribution in [0.3, 0.4) is 0 Å². The van der Waals surface area contributed by atoms with Crippen LogP contribution in [-0.2, 0) is 0 Å². The van der Waals surface area contributed by atoms with Gasteiger partial charge >= 0.3 is 0 Å². The number of furan rings is 1. The molecule has 3 aromatic heterocycles. The second-order valence-corrected chi connectivity index (χ2v) is 9.26. The Morgan fingerprint density at radius 1 is 0.556 bits per heavy atom. The first kappa shape index (κ1) is 19.4. The van der Waals surface area contributed by atoms with Crippen LogP contribution >= 0.6 is 0 Å². The van der Waals surface area contributed by atoms with Gasteiger partial charge in [0.1, 0.15) is 5.58 Å². The standard InChI is InChI=1S/C33H20N2O/c1-4-10-29-26(7-1)27-8-2-5-11-30(27)35(29)24-16-13-21(14-17-24)22-15-18-25-23(19-22)20-34-33-32(25)28-9-3-6-12-31(28)36-33/h1-20H. The van der Waals surface area contributed by atoms with Gasteiger partial charge in [0.2, 0.25) is 5.71 Å². The van der Waals surface area contributed by atoms with E-state index in [9.17, 15) is 0 Å². The van der Waals surface area contributed by atoms with Gasteiger partial charge in [-0.05, 0) is 52.9 Å². The number of pyridine rings is 1. The minimum atomic E-state index is 0.687. The third-order valence-corrected chi connectivity index (χ3v) is 7.26. The first-order valence-corrected chi connectivity index (χ1v) is 12.1. The zero-order chi connectivity index (χ0) is 23.6. The molecular weight excluding hydrogens is 440 g/mol. The Bertz CT molecular complexity index is 2040. The first-order valence-electron chi connectivity index (χ1n) is 12.1. The Kier molecular flexibility index (Phi) is 3.94. The van der Waals surface area contributed by atoms with Crippen molar-refractivity contribution in [3.05, 3.63) is 121 Å². The minimum absolute atomic E-state index is 0.687. The van der Waals surface area contributed by atoms with Crippen LogP contribution in [0.4, 0.5) is 0 Å². The Labute approximate surface area is 206 Å². The summed E-state index contributed by atoms with van der Waals surface area (Å²) in [5.41, 5.74) is 7.51. The molecule has 0 aliphatic carbocycles. The highest BCUT2D eigenvalue weighted by molar-refractivity contribution is 6.17. The van der Waals surface area contributed by atoms with Crippen LogP contribution in [0.5, 0.6) is 0 Å². The van der Waals surface area contributed by atoms with E-state index in [4.69, 9.17) is 4.42 Å². The lowest BCUT2D eigenvalue weighted by Gasteiger charge is -2.10. The van der Waals surface area contributed by atoms with E-state index < -0.39 is 0 Å². The zero-order valence-corrected chi connectivity index (χ0v) is 19.3. The average molecular weight is 461 g/mol. The summed E-state index contributed by atoms with van der Waals surface area (Å²) in [4.78, 5) is 4.62. The number of hydrogen-bond donors (Lipinski definition) is 0. The summed E-state index contributed by atoms with van der Waals surface area (Å²) >= 11 is 0. The maximum absolute atomic E-state index is 5.97. The number of benzene rings is 5. The molecule has 8 rings (SSSR count). The molecule has 0 atom stereocenters. The van der Waals surface area contributed by atoms with Gasteiger partial charge in [-0.1, -0.05) is 78.9 Å². The smallest absolute Gasteiger partial charge is 0.227 e. The van der Waals surface area contributed by atoms with E-state index in [-0.39, 0.29) is 0 Å². The molecule has 3 heterocycles. The molecule has 0 bridgehead atoms. The number of hydrogen-bond acceptors (Lipinski definition) is 2. The normalized spacial score (nSPS) is 11.9. The summed E-state index contributed by atoms with van der Waals surface area (Å²) in [7, 11) is 0. The van der Waals surface area contributed by atoms with E-state index >= 15 is 0 Å². The molecule has 36 heavy (non-hydrogen) atoms. The van der Waals surface area contributed by atoms with Crippen molar-refractivity contribution in [2.24, 2.45) is 0 Å². The van der Waals surface area contributed by atoms with Crippen molar-refractivity contribution in [3.8, 4) is 16.8 Å². The fraction of sp³-hybridized carbons (Fsp3) is 0. The molecular formula is C33H20N2O. The van der Waals surface area contributed by atoms with Crippen LogP contribution in [0.1, 0.15) is 0 Å². The van der Waals surface area contributed by atoms with Crippen molar-refractivity contribution in [2.45, 2.75) is 0 Å². The molecule has 8 aromatic rings. The molecule has 3 heteroatoms. The van der Waals surface area contributed by atoms with E-state index in [0.717, 1.165) is 32.8 Å². The van der Waals surface area contributed by atoms with Gasteiger partial charge in [-0.3, -0.25) is 0 Å². The summed E-state index contributed by atoms with van der Waals surface area (Å²) < 4.78 is 8.32. The third kappa shape index (κ3) is 2.71. The molecule has 0 unspecified atom stereocenters. The summed E-state index contributed by atoms with van der Waals surface area (Å²) in [6.07, 6.45) is 1.91. The number of nitrogens with zero attached hydrogens (tertiary/aromatic N) is 2. The van der Waals surface area contributed by atoms with Crippen LogP contribution < -0.4 is 0 Å². The van der Waals surface area contributed by atoms with Crippen LogP contribution in [0.15, 0.2) is 126 Å². The summed E-state index contributed by atoms with van der Waals surface area (Å²) in [6, 6.07) is 40.8. The molecule has 0 radical (unpaired) electrons. The predicted octanol–water partition coefficient (Wildman–Crippen LogP) is 8.90. The molecule has 0 saturated carbocycles. The molecule has 0 amide bonds. The lowest BCUT2D eigenvalue weighted by Crippen LogP contribution is -1.93. The minimum Gasteiger partial charge on any atom is -0.438 e. The van der Waals surface area contributed by atoms with Gasteiger partial charge in [-0.2, -0.15) is 0 Å². The summed E-state index contributed by atoms with van der Waals surface area (Å²) in [6.45, 7) is 0. The van der Waals surface area contributed by atoms with Crippen molar-refractivity contribution in [1.82, 2.24) is 9.55 Å². The Morgan fingerprint density at radius 2 is 1.19 bits per heavy atom. The van der Waals surface area contributed by atoms with Crippen molar-refractivity contribution in [1.29, 1.82) is 0 Å². The second kappa shape index (κ2) is 7.30. The molecule has 0 fully saturated rings. The molecule has 0 aliphatic rings. The van der Waals surface area contributed by atoms with Crippen molar-refractivity contribution in [3.63, 3.8) is 0 Å². The highest BCUT2D eigenvalue weighted by Crippen LogP contribution is 2.36. The third-order valence-electron chi connectivity index (χ3n) is 7.26. The number of fused-ring (bicyclic) bond motifs is 8. The van der Waals surface area contributed by atoms with Gasteiger partial charge in [-0.25, -0.2) is 4.98 Å². The molecule has 0 N–H and O–H groups in total. The number of rotatable bonds is 2. The Hall–Kier alpha value is -4.89. The van der Waals surface area contributed by atoms with Crippen molar-refractivity contribution in [2.75, 3.05) is 0 Å². The summed E-state index contributed by atoms with van der Waals surface area (Å²) in [5, 5.41) is 7.01. The van der Waals surface area contributed by atoms with Crippen LogP contribution in [0.2, 0.25) is 0 Å². The maximum Gasteiger partial charge on any atom is 0.227 e. The number of aromatic nitrogens is 2. The van der Waals surface area contributed by atoms with E-state index in [1.54, 1.807) is 0 Å². The number of para-hydroxylation sites is 3. The monoisotopic (exact) mass is 460 g/mol. The summed E-state index contributed by atoms with van der Waals surface area (Å²) in [5.74, 6) is 0. The molecule has 5 aromatic carbocycles. The Balaban J connectivity index is 1.26. The quantitative estimate of drug-likeness (QED) is 0.258.